The summed E-state index contributed by atoms with van der Waals surface area (Å²) in [5.41, 5.74) is 0.408. The Labute approximate surface area is 90.1 Å². The smallest absolute Gasteiger partial charge is 0.377 e. The topological polar surface area (TPSA) is 85.1 Å². The van der Waals surface area contributed by atoms with Crippen molar-refractivity contribution in [1.82, 2.24) is 15.0 Å². The molecule has 0 unspecified atom stereocenters. The molecule has 2 rings (SSSR count). The van der Waals surface area contributed by atoms with Gasteiger partial charge in [0.25, 0.3) is 5.78 Å². The zero-order valence-electron chi connectivity index (χ0n) is 8.07. The van der Waals surface area contributed by atoms with Crippen LogP contribution >= 0.6 is 0 Å². The van der Waals surface area contributed by atoms with Crippen LogP contribution in [-0.2, 0) is 4.79 Å². The fraction of sp³-hybridized carbons (Fsp3) is 0. The molecule has 2 aromatic rings. The molecule has 1 aromatic heterocycles. The molecule has 0 aliphatic rings. The van der Waals surface area contributed by atoms with Crippen LogP contribution in [0.25, 0.3) is 5.69 Å². The van der Waals surface area contributed by atoms with E-state index in [4.69, 9.17) is 5.11 Å². The highest BCUT2D eigenvalue weighted by Crippen LogP contribution is 2.12. The van der Waals surface area contributed by atoms with E-state index >= 15 is 0 Å². The van der Waals surface area contributed by atoms with E-state index in [0.29, 0.717) is 5.69 Å². The first-order chi connectivity index (χ1) is 7.70. The molecule has 6 heteroatoms. The molecule has 1 aromatic carbocycles. The highest BCUT2D eigenvalue weighted by molar-refractivity contribution is 6.40. The Balaban J connectivity index is 2.55. The number of Topliss-reactive ketones (excluding diaryl/α,β-unsaturated/α-hetero) is 1. The number of benzene rings is 1. The predicted octanol–water partition coefficient (Wildman–Crippen LogP) is 0.535. The van der Waals surface area contributed by atoms with Gasteiger partial charge in [0.2, 0.25) is 0 Å². The minimum atomic E-state index is -1.50. The van der Waals surface area contributed by atoms with Crippen molar-refractivity contribution in [2.24, 2.45) is 0 Å². The maximum Gasteiger partial charge on any atom is 0.377 e. The Hall–Kier alpha value is -2.50. The van der Waals surface area contributed by atoms with Gasteiger partial charge in [0.15, 0.2) is 0 Å². The summed E-state index contributed by atoms with van der Waals surface area (Å²) in [7, 11) is 0. The van der Waals surface area contributed by atoms with Crippen LogP contribution in [0.15, 0.2) is 36.7 Å². The number of aromatic nitrogens is 3. The zero-order valence-corrected chi connectivity index (χ0v) is 8.07. The molecule has 0 saturated carbocycles. The SMILES string of the molecule is O=C(O)C(=O)c1ccccc1-n1nccn1. The Morgan fingerprint density at radius 1 is 1.12 bits per heavy atom. The number of carboxylic acid groups (broad SMARTS) is 1. The largest absolute Gasteiger partial charge is 0.475 e. The van der Waals surface area contributed by atoms with Gasteiger partial charge < -0.3 is 5.11 Å². The lowest BCUT2D eigenvalue weighted by molar-refractivity contribution is -0.131. The molecule has 1 heterocycles. The van der Waals surface area contributed by atoms with Crippen LogP contribution in [0.3, 0.4) is 0 Å². The minimum absolute atomic E-state index is 0.0613. The average molecular weight is 217 g/mol. The molecule has 0 radical (unpaired) electrons. The molecule has 0 aliphatic carbocycles. The highest BCUT2D eigenvalue weighted by Gasteiger charge is 2.19. The third-order valence-corrected chi connectivity index (χ3v) is 1.98. The number of rotatable bonds is 3. The van der Waals surface area contributed by atoms with Crippen molar-refractivity contribution in [2.45, 2.75) is 0 Å². The van der Waals surface area contributed by atoms with Crippen molar-refractivity contribution in [2.75, 3.05) is 0 Å². The molecule has 0 aliphatic heterocycles. The lowest BCUT2D eigenvalue weighted by Crippen LogP contribution is -2.16. The van der Waals surface area contributed by atoms with E-state index in [2.05, 4.69) is 10.2 Å². The summed E-state index contributed by atoms with van der Waals surface area (Å²) in [5.74, 6) is -2.48. The summed E-state index contributed by atoms with van der Waals surface area (Å²) in [6.07, 6.45) is 2.89. The van der Waals surface area contributed by atoms with Gasteiger partial charge in [0, 0.05) is 0 Å². The fourth-order valence-electron chi connectivity index (χ4n) is 1.30. The summed E-state index contributed by atoms with van der Waals surface area (Å²) < 4.78 is 0. The van der Waals surface area contributed by atoms with Crippen molar-refractivity contribution < 1.29 is 14.7 Å². The zero-order chi connectivity index (χ0) is 11.5. The standard InChI is InChI=1S/C10H7N3O3/c14-9(10(15)16)7-3-1-2-4-8(7)13-11-5-6-12-13/h1-6H,(H,15,16). The molecule has 0 atom stereocenters. The van der Waals surface area contributed by atoms with E-state index in [9.17, 15) is 9.59 Å². The van der Waals surface area contributed by atoms with Crippen molar-refractivity contribution in [3.63, 3.8) is 0 Å². The first kappa shape index (κ1) is 10.0. The van der Waals surface area contributed by atoms with E-state index in [-0.39, 0.29) is 5.56 Å². The predicted molar refractivity (Wildman–Crippen MR) is 53.3 cm³/mol. The minimum Gasteiger partial charge on any atom is -0.475 e. The molecule has 16 heavy (non-hydrogen) atoms. The van der Waals surface area contributed by atoms with Gasteiger partial charge in [0.05, 0.1) is 23.6 Å². The van der Waals surface area contributed by atoms with Crippen molar-refractivity contribution in [3.8, 4) is 5.69 Å². The third kappa shape index (κ3) is 1.68. The fourth-order valence-corrected chi connectivity index (χ4v) is 1.30. The normalized spacial score (nSPS) is 10.0. The Kier molecular flexibility index (Phi) is 2.47. The van der Waals surface area contributed by atoms with Gasteiger partial charge in [-0.2, -0.15) is 15.0 Å². The number of carbonyl (C=O) groups is 2. The molecular formula is C10H7N3O3. The van der Waals surface area contributed by atoms with Gasteiger partial charge >= 0.3 is 5.97 Å². The molecule has 0 amide bonds. The van der Waals surface area contributed by atoms with Crippen molar-refractivity contribution in [3.05, 3.63) is 42.2 Å². The van der Waals surface area contributed by atoms with Crippen LogP contribution in [0.4, 0.5) is 0 Å². The molecule has 0 saturated heterocycles. The first-order valence-electron chi connectivity index (χ1n) is 4.43. The summed E-state index contributed by atoms with van der Waals surface area (Å²) in [6, 6.07) is 6.27. The molecule has 0 spiro atoms. The summed E-state index contributed by atoms with van der Waals surface area (Å²) in [6.45, 7) is 0. The van der Waals surface area contributed by atoms with Crippen LogP contribution in [0, 0.1) is 0 Å². The number of hydrogen-bond donors (Lipinski definition) is 1. The number of para-hydroxylation sites is 1. The molecule has 1 N–H and O–H groups in total. The van der Waals surface area contributed by atoms with Gasteiger partial charge in [-0.1, -0.05) is 12.1 Å². The van der Waals surface area contributed by atoms with E-state index in [0.717, 1.165) is 0 Å². The lowest BCUT2D eigenvalue weighted by Gasteiger charge is -2.04. The van der Waals surface area contributed by atoms with Crippen LogP contribution in [0.5, 0.6) is 0 Å². The lowest BCUT2D eigenvalue weighted by atomic mass is 10.1. The van der Waals surface area contributed by atoms with Crippen LogP contribution < -0.4 is 0 Å². The maximum atomic E-state index is 11.4. The Morgan fingerprint density at radius 3 is 2.38 bits per heavy atom. The monoisotopic (exact) mass is 217 g/mol. The molecular weight excluding hydrogens is 210 g/mol. The number of carboxylic acids is 1. The van der Waals surface area contributed by atoms with E-state index in [1.807, 2.05) is 0 Å². The van der Waals surface area contributed by atoms with Crippen LogP contribution in [0.1, 0.15) is 10.4 Å². The summed E-state index contributed by atoms with van der Waals surface area (Å²) in [4.78, 5) is 23.2. The van der Waals surface area contributed by atoms with Gasteiger partial charge in [-0.15, -0.1) is 0 Å². The Bertz CT molecular complexity index is 534. The van der Waals surface area contributed by atoms with Crippen molar-refractivity contribution >= 4 is 11.8 Å². The van der Waals surface area contributed by atoms with Gasteiger partial charge in [-0.25, -0.2) is 4.79 Å². The average Bonchev–Trinajstić information content (AvgIpc) is 2.81. The van der Waals surface area contributed by atoms with Gasteiger partial charge in [-0.3, -0.25) is 4.79 Å². The highest BCUT2D eigenvalue weighted by atomic mass is 16.4. The number of carbonyl (C=O) groups excluding carboxylic acids is 1. The first-order valence-corrected chi connectivity index (χ1v) is 4.43. The molecule has 0 fully saturated rings. The maximum absolute atomic E-state index is 11.4. The van der Waals surface area contributed by atoms with Gasteiger partial charge in [0.1, 0.15) is 0 Å². The number of hydrogen-bond acceptors (Lipinski definition) is 4. The Morgan fingerprint density at radius 2 is 1.75 bits per heavy atom. The van der Waals surface area contributed by atoms with E-state index in [1.54, 1.807) is 18.2 Å². The number of aliphatic carboxylic acids is 1. The molecule has 0 bridgehead atoms. The number of ketones is 1. The van der Waals surface area contributed by atoms with E-state index in [1.165, 1.54) is 23.3 Å². The third-order valence-electron chi connectivity index (χ3n) is 1.98. The second-order valence-corrected chi connectivity index (χ2v) is 2.97. The second kappa shape index (κ2) is 3.93. The van der Waals surface area contributed by atoms with Crippen LogP contribution in [0.2, 0.25) is 0 Å². The van der Waals surface area contributed by atoms with Gasteiger partial charge in [-0.05, 0) is 12.1 Å². The molecule has 6 nitrogen and oxygen atoms in total. The summed E-state index contributed by atoms with van der Waals surface area (Å²) in [5, 5.41) is 16.4. The summed E-state index contributed by atoms with van der Waals surface area (Å²) >= 11 is 0. The number of nitrogens with zero attached hydrogens (tertiary/aromatic N) is 3. The second-order valence-electron chi connectivity index (χ2n) is 2.97. The molecule has 80 valence electrons. The van der Waals surface area contributed by atoms with Crippen LogP contribution in [-0.4, -0.2) is 31.9 Å². The van der Waals surface area contributed by atoms with E-state index < -0.39 is 11.8 Å². The van der Waals surface area contributed by atoms with Crippen molar-refractivity contribution in [1.29, 1.82) is 0 Å². The quantitative estimate of drug-likeness (QED) is 0.598.